The van der Waals surface area contributed by atoms with Crippen LogP contribution in [-0.4, -0.2) is 52.2 Å². The summed E-state index contributed by atoms with van der Waals surface area (Å²) in [4.78, 5) is 0. The van der Waals surface area contributed by atoms with Crippen LogP contribution in [0.4, 0.5) is 0 Å². The van der Waals surface area contributed by atoms with Crippen molar-refractivity contribution in [2.75, 3.05) is 27.9 Å². The van der Waals surface area contributed by atoms with Gasteiger partial charge in [-0.25, -0.2) is 0 Å². The van der Waals surface area contributed by atoms with Gasteiger partial charge in [0.1, 0.15) is 0 Å². The summed E-state index contributed by atoms with van der Waals surface area (Å²) in [5, 5.41) is 0.188. The van der Waals surface area contributed by atoms with Crippen LogP contribution in [0.25, 0.3) is 0 Å². The molecule has 1 rings (SSSR count). The highest BCUT2D eigenvalue weighted by atomic mass is 28.4. The Morgan fingerprint density at radius 1 is 1.18 bits per heavy atom. The maximum Gasteiger partial charge on any atom is 0.500 e. The van der Waals surface area contributed by atoms with Gasteiger partial charge in [-0.2, -0.15) is 0 Å². The van der Waals surface area contributed by atoms with Crippen molar-refractivity contribution in [3.05, 3.63) is 0 Å². The lowest BCUT2D eigenvalue weighted by Crippen LogP contribution is -2.43. The van der Waals surface area contributed by atoms with Gasteiger partial charge in [0.25, 0.3) is 0 Å². The lowest BCUT2D eigenvalue weighted by molar-refractivity contribution is -0.0236. The quantitative estimate of drug-likeness (QED) is 0.649. The molecule has 1 aliphatic heterocycles. The van der Waals surface area contributed by atoms with Crippen molar-refractivity contribution in [1.82, 2.24) is 0 Å². The SMILES string of the molecule is CO[Si](CCCC1([SiH3])CCCCO1)(OC)OC. The summed E-state index contributed by atoms with van der Waals surface area (Å²) < 4.78 is 22.2. The molecule has 1 unspecified atom stereocenters. The van der Waals surface area contributed by atoms with E-state index >= 15 is 0 Å². The Bertz CT molecular complexity index is 207. The summed E-state index contributed by atoms with van der Waals surface area (Å²) in [6, 6.07) is 0.879. The highest BCUT2D eigenvalue weighted by Crippen LogP contribution is 2.28. The van der Waals surface area contributed by atoms with Crippen LogP contribution in [0.3, 0.4) is 0 Å². The van der Waals surface area contributed by atoms with Gasteiger partial charge in [-0.15, -0.1) is 0 Å². The third-order valence-corrected chi connectivity index (χ3v) is 7.79. The Kier molecular flexibility index (Phi) is 6.32. The molecule has 1 fully saturated rings. The van der Waals surface area contributed by atoms with E-state index in [2.05, 4.69) is 0 Å². The van der Waals surface area contributed by atoms with Crippen molar-refractivity contribution in [1.29, 1.82) is 0 Å². The number of ether oxygens (including phenoxy) is 1. The average molecular weight is 278 g/mol. The van der Waals surface area contributed by atoms with Gasteiger partial charge in [0.05, 0.1) is 0 Å². The first-order valence-corrected chi connectivity index (χ1v) is 9.32. The van der Waals surface area contributed by atoms with Crippen LogP contribution in [-0.2, 0) is 18.0 Å². The van der Waals surface area contributed by atoms with Crippen molar-refractivity contribution in [2.24, 2.45) is 0 Å². The smallest absolute Gasteiger partial charge is 0.380 e. The van der Waals surface area contributed by atoms with Gasteiger partial charge in [-0.1, -0.05) is 0 Å². The molecule has 1 heterocycles. The van der Waals surface area contributed by atoms with Crippen LogP contribution < -0.4 is 0 Å². The second-order valence-corrected chi connectivity index (χ2v) is 9.82. The fourth-order valence-electron chi connectivity index (χ4n) is 2.42. The molecule has 102 valence electrons. The topological polar surface area (TPSA) is 36.9 Å². The van der Waals surface area contributed by atoms with E-state index in [0.717, 1.165) is 35.7 Å². The van der Waals surface area contributed by atoms with Gasteiger partial charge in [0.15, 0.2) is 0 Å². The van der Waals surface area contributed by atoms with Crippen LogP contribution >= 0.6 is 0 Å². The van der Waals surface area contributed by atoms with Crippen molar-refractivity contribution in [2.45, 2.75) is 43.4 Å². The van der Waals surface area contributed by atoms with Crippen molar-refractivity contribution >= 4 is 19.0 Å². The maximum absolute atomic E-state index is 5.94. The van der Waals surface area contributed by atoms with E-state index in [-0.39, 0.29) is 5.22 Å². The lowest BCUT2D eigenvalue weighted by Gasteiger charge is -2.35. The standard InChI is InChI=1S/C11H26O4Si2/c1-12-17(13-2,14-3)10-6-8-11(16)7-4-5-9-15-11/h4-10H2,1-3,16H3. The first-order chi connectivity index (χ1) is 8.10. The molecular weight excluding hydrogens is 252 g/mol. The largest absolute Gasteiger partial charge is 0.500 e. The third-order valence-electron chi connectivity index (χ3n) is 3.67. The molecule has 0 bridgehead atoms. The minimum atomic E-state index is -2.37. The van der Waals surface area contributed by atoms with E-state index in [9.17, 15) is 0 Å². The zero-order valence-corrected chi connectivity index (χ0v) is 14.6. The first kappa shape index (κ1) is 15.3. The Labute approximate surface area is 109 Å². The van der Waals surface area contributed by atoms with Gasteiger partial charge >= 0.3 is 8.80 Å². The minimum Gasteiger partial charge on any atom is -0.380 e. The zero-order valence-electron chi connectivity index (χ0n) is 11.6. The Hall–Kier alpha value is 0.274. The van der Waals surface area contributed by atoms with Gasteiger partial charge in [-0.05, 0) is 32.1 Å². The van der Waals surface area contributed by atoms with E-state index in [1.807, 2.05) is 0 Å². The molecule has 17 heavy (non-hydrogen) atoms. The van der Waals surface area contributed by atoms with Crippen LogP contribution in [0.2, 0.25) is 6.04 Å². The summed E-state index contributed by atoms with van der Waals surface area (Å²) >= 11 is 0. The highest BCUT2D eigenvalue weighted by molar-refractivity contribution is 6.60. The van der Waals surface area contributed by atoms with Crippen molar-refractivity contribution in [3.8, 4) is 0 Å². The van der Waals surface area contributed by atoms with E-state index in [0.29, 0.717) is 0 Å². The fourth-order valence-corrected chi connectivity index (χ4v) is 5.06. The van der Waals surface area contributed by atoms with E-state index in [4.69, 9.17) is 18.0 Å². The molecule has 1 atom stereocenters. The summed E-state index contributed by atoms with van der Waals surface area (Å²) in [6.45, 7) is 0.935. The van der Waals surface area contributed by atoms with Crippen molar-refractivity contribution in [3.63, 3.8) is 0 Å². The Morgan fingerprint density at radius 3 is 2.29 bits per heavy atom. The molecule has 0 saturated carbocycles. The van der Waals surface area contributed by atoms with E-state index in [1.54, 1.807) is 21.3 Å². The first-order valence-electron chi connectivity index (χ1n) is 6.39. The molecule has 0 spiro atoms. The molecule has 4 nitrogen and oxygen atoms in total. The number of hydrogen-bond donors (Lipinski definition) is 0. The van der Waals surface area contributed by atoms with Gasteiger partial charge < -0.3 is 18.0 Å². The summed E-state index contributed by atoms with van der Waals surface area (Å²) in [5.74, 6) is 0. The predicted octanol–water partition coefficient (Wildman–Crippen LogP) is 0.907. The van der Waals surface area contributed by atoms with Crippen LogP contribution in [0.15, 0.2) is 0 Å². The van der Waals surface area contributed by atoms with E-state index in [1.165, 1.54) is 19.3 Å². The summed E-state index contributed by atoms with van der Waals surface area (Å²) in [7, 11) is 3.75. The molecule has 1 aliphatic rings. The molecule has 0 N–H and O–H groups in total. The zero-order chi connectivity index (χ0) is 12.8. The van der Waals surface area contributed by atoms with Crippen LogP contribution in [0, 0.1) is 0 Å². The molecule has 1 saturated heterocycles. The normalized spacial score (nSPS) is 26.3. The van der Waals surface area contributed by atoms with E-state index < -0.39 is 8.80 Å². The van der Waals surface area contributed by atoms with Crippen molar-refractivity contribution < 1.29 is 18.0 Å². The van der Waals surface area contributed by atoms with Gasteiger partial charge in [0, 0.05) is 49.4 Å². The van der Waals surface area contributed by atoms with Gasteiger partial charge in [-0.3, -0.25) is 0 Å². The molecule has 0 amide bonds. The van der Waals surface area contributed by atoms with Gasteiger partial charge in [0.2, 0.25) is 0 Å². The Balaban J connectivity index is 2.34. The third kappa shape index (κ3) is 4.46. The van der Waals surface area contributed by atoms with Crippen LogP contribution in [0.5, 0.6) is 0 Å². The molecule has 6 heteroatoms. The highest BCUT2D eigenvalue weighted by Gasteiger charge is 2.38. The molecule has 0 radical (unpaired) electrons. The molecule has 0 aromatic rings. The molecule has 0 aromatic heterocycles. The molecule has 0 aliphatic carbocycles. The molecule has 0 aromatic carbocycles. The second-order valence-electron chi connectivity index (χ2n) is 4.90. The monoisotopic (exact) mass is 278 g/mol. The Morgan fingerprint density at radius 2 is 1.82 bits per heavy atom. The number of hydrogen-bond acceptors (Lipinski definition) is 4. The average Bonchev–Trinajstić information content (AvgIpc) is 2.36. The summed E-state index contributed by atoms with van der Waals surface area (Å²) in [5.41, 5.74) is 0. The predicted molar refractivity (Wildman–Crippen MR) is 73.3 cm³/mol. The minimum absolute atomic E-state index is 0.188. The fraction of sp³-hybridized carbons (Fsp3) is 1.00. The van der Waals surface area contributed by atoms with Crippen LogP contribution in [0.1, 0.15) is 32.1 Å². The molecular formula is C11H26O4Si2. The number of rotatable bonds is 7. The second kappa shape index (κ2) is 7.01. The maximum atomic E-state index is 5.94. The lowest BCUT2D eigenvalue weighted by atomic mass is 10.0. The summed E-state index contributed by atoms with van der Waals surface area (Å²) in [6.07, 6.45) is 5.93.